The summed E-state index contributed by atoms with van der Waals surface area (Å²) in [5.74, 6) is 3.46. The van der Waals surface area contributed by atoms with Gasteiger partial charge in [0, 0.05) is 139 Å². The Hall–Kier alpha value is -11.8. The Morgan fingerprint density at radius 2 is 0.448 bits per heavy atom. The van der Waals surface area contributed by atoms with Crippen molar-refractivity contribution in [3.8, 4) is 44.5 Å². The third-order valence-corrected chi connectivity index (χ3v) is 20.0. The zero-order chi connectivity index (χ0) is 75.7. The molecule has 3 aromatic heterocycles. The van der Waals surface area contributed by atoms with Crippen molar-refractivity contribution < 1.29 is 80.4 Å². The minimum Gasteiger partial charge on any atom is -0.493 e. The van der Waals surface area contributed by atoms with E-state index in [2.05, 4.69) is 351 Å². The molecule has 4 radical (unpaired) electrons. The molecule has 0 saturated carbocycles. The maximum Gasteiger partial charge on any atom is 0.145 e. The van der Waals surface area contributed by atoms with Crippen molar-refractivity contribution in [1.82, 2.24) is 19.9 Å². The third kappa shape index (κ3) is 17.6. The van der Waals surface area contributed by atoms with Crippen molar-refractivity contribution in [2.45, 2.75) is 27.7 Å². The summed E-state index contributed by atoms with van der Waals surface area (Å²) in [4.78, 5) is 35.6. The summed E-state index contributed by atoms with van der Waals surface area (Å²) in [6.07, 6.45) is 7.12. The topological polar surface area (TPSA) is 77.5 Å². The van der Waals surface area contributed by atoms with Crippen molar-refractivity contribution in [1.29, 1.82) is 0 Å². The monoisotopic (exact) mass is 2220 g/mol. The maximum absolute atomic E-state index is 4.65. The van der Waals surface area contributed by atoms with E-state index < -0.39 is 0 Å². The van der Waals surface area contributed by atoms with E-state index in [9.17, 15) is 0 Å². The first-order valence-electron chi connectivity index (χ1n) is 37.3. The maximum atomic E-state index is 4.65. The van der Waals surface area contributed by atoms with Gasteiger partial charge >= 0.3 is 0 Å². The van der Waals surface area contributed by atoms with Crippen LogP contribution < -0.4 is 39.2 Å². The average molecular weight is 2210 g/mol. The number of nitrogens with zero attached hydrogens (tertiary/aromatic N) is 12. The normalized spacial score (nSPS) is 12.4. The van der Waals surface area contributed by atoms with Gasteiger partial charge in [0.1, 0.15) is 23.3 Å². The largest absolute Gasteiger partial charge is 0.493 e. The molecule has 4 aliphatic rings. The standard InChI is InChI=1S/C26H20N2.2C25H19N3.C24H18N4.4Ir/c1-20-18-22(21-10-4-2-5-11-21)16-17-24(20)28-19-27(23-12-6-3-7-13-23)25-14-8-9-15-26(25)28;1-19-17-21(20-9-4-2-5-10-20)14-15-23(19)28-18-27(22-11-6-3-7-12-22)25-24(28)13-8-16-26-25;1-19-17-21(20-9-4-2-5-10-20)14-15-23(19)28-18-27(22-11-6-3-7-12-22)24-13-8-16-26-25(24)28;1-18-16-20(19-8-4-2-5-9-19)12-13-22(18)28-17-27(21-10-6-3-7-11-21)23-24(28)26-15-14-25-23;;;;/h2-12,14-19H,1H3;2*2-11,13-18H,1H3;2-10,12-17H,1H3;;;;/q4*-2;;;;. The molecule has 0 N–H and O–H groups in total. The van der Waals surface area contributed by atoms with Gasteiger partial charge in [0.2, 0.25) is 0 Å². The summed E-state index contributed by atoms with van der Waals surface area (Å²) in [6, 6.07) is 130. The fourth-order valence-electron chi connectivity index (χ4n) is 14.5. The summed E-state index contributed by atoms with van der Waals surface area (Å²) < 4.78 is 0. The van der Waals surface area contributed by atoms with E-state index >= 15 is 0 Å². The predicted octanol–water partition coefficient (Wildman–Crippen LogP) is 25.1. The molecule has 0 saturated heterocycles. The Bertz CT molecular complexity index is 5180. The number of aryl methyl sites for hydroxylation is 4. The van der Waals surface area contributed by atoms with Gasteiger partial charge in [0.25, 0.3) is 0 Å². The summed E-state index contributed by atoms with van der Waals surface area (Å²) in [5.41, 5.74) is 27.6. The molecule has 580 valence electrons. The van der Waals surface area contributed by atoms with Gasteiger partial charge in [0.05, 0.1) is 11.4 Å². The van der Waals surface area contributed by atoms with E-state index in [1.165, 1.54) is 78.1 Å². The molecule has 7 heterocycles. The van der Waals surface area contributed by atoms with Gasteiger partial charge in [0.15, 0.2) is 0 Å². The Morgan fingerprint density at radius 3 is 0.819 bits per heavy atom. The first-order valence-corrected chi connectivity index (χ1v) is 37.3. The molecule has 16 aromatic rings. The molecule has 0 aliphatic carbocycles. The number of hydrogen-bond donors (Lipinski definition) is 0. The number of aromatic nitrogens is 4. The molecule has 4 aliphatic heterocycles. The Kier molecular flexibility index (Phi) is 27.0. The van der Waals surface area contributed by atoms with Gasteiger partial charge in [-0.2, -0.15) is 121 Å². The number of pyridine rings is 2. The quantitative estimate of drug-likeness (QED) is 0.109. The molecule has 12 nitrogen and oxygen atoms in total. The van der Waals surface area contributed by atoms with Crippen molar-refractivity contribution in [3.63, 3.8) is 0 Å². The minimum atomic E-state index is 0. The molecular weight excluding hydrogens is 2140 g/mol. The average Bonchev–Trinajstić information content (AvgIpc) is 1.64. The SMILES string of the molecule is Cc1cc(-c2ccccc2)ccc1N1[CH-]N(c2[c-]cccc2)c2ccccc21.Cc1cc(-c2ccccc2)ccc1N1[CH-]N(c2[c-]cccc2)c2cccnc21.Cc1cc(-c2ccccc2)ccc1N1[CH-]N(c2[c-]cccc2)c2ncccc21.Cc1cc(-c2ccccc2)ccc1N1[CH-]N(c2[c-]cccc2)c2nccnc21.[Ir].[Ir].[Ir].[Ir]. The molecule has 0 spiro atoms. The van der Waals surface area contributed by atoms with Crippen LogP contribution in [0.25, 0.3) is 44.5 Å². The van der Waals surface area contributed by atoms with Crippen LogP contribution in [0.15, 0.2) is 365 Å². The van der Waals surface area contributed by atoms with Crippen LogP contribution in [0.4, 0.5) is 91.5 Å². The molecule has 16 heteroatoms. The molecule has 0 fully saturated rings. The van der Waals surface area contributed by atoms with Crippen molar-refractivity contribution in [2.75, 3.05) is 39.2 Å². The number of anilines is 16. The molecule has 116 heavy (non-hydrogen) atoms. The first-order chi connectivity index (χ1) is 55.2. The Balaban J connectivity index is 0.000000133. The molecule has 0 amide bonds. The van der Waals surface area contributed by atoms with E-state index in [1.807, 2.05) is 139 Å². The van der Waals surface area contributed by atoms with Gasteiger partial charge in [-0.3, -0.25) is 0 Å². The number of fused-ring (bicyclic) bond motifs is 4. The smallest absolute Gasteiger partial charge is 0.145 e. The summed E-state index contributed by atoms with van der Waals surface area (Å²) in [5, 5.41) is 0. The van der Waals surface area contributed by atoms with Gasteiger partial charge in [-0.15, -0.1) is 49.4 Å². The van der Waals surface area contributed by atoms with E-state index in [1.54, 1.807) is 12.4 Å². The number of rotatable bonds is 12. The molecule has 0 atom stereocenters. The van der Waals surface area contributed by atoms with Crippen LogP contribution in [0.1, 0.15) is 22.3 Å². The van der Waals surface area contributed by atoms with Crippen LogP contribution in [-0.2, 0) is 80.4 Å². The van der Waals surface area contributed by atoms with Gasteiger partial charge in [-0.25, -0.2) is 19.9 Å². The van der Waals surface area contributed by atoms with Crippen LogP contribution in [0.3, 0.4) is 0 Å². The van der Waals surface area contributed by atoms with Gasteiger partial charge in [-0.1, -0.05) is 158 Å². The zero-order valence-electron chi connectivity index (χ0n) is 63.7. The first kappa shape index (κ1) is 82.2. The van der Waals surface area contributed by atoms with Crippen LogP contribution in [0.2, 0.25) is 0 Å². The van der Waals surface area contributed by atoms with Crippen molar-refractivity contribution in [2.24, 2.45) is 0 Å². The summed E-state index contributed by atoms with van der Waals surface area (Å²) >= 11 is 0. The third-order valence-electron chi connectivity index (χ3n) is 20.0. The van der Waals surface area contributed by atoms with Crippen LogP contribution >= 0.6 is 0 Å². The van der Waals surface area contributed by atoms with E-state index in [0.717, 1.165) is 80.1 Å². The van der Waals surface area contributed by atoms with Crippen LogP contribution in [0.5, 0.6) is 0 Å². The van der Waals surface area contributed by atoms with Crippen molar-refractivity contribution >= 4 is 91.5 Å². The van der Waals surface area contributed by atoms with Crippen LogP contribution in [-0.4, -0.2) is 19.9 Å². The minimum absolute atomic E-state index is 0. The van der Waals surface area contributed by atoms with Crippen molar-refractivity contribution in [3.05, 3.63) is 438 Å². The number of hydrogen-bond acceptors (Lipinski definition) is 12. The second-order valence-corrected chi connectivity index (χ2v) is 27.3. The second kappa shape index (κ2) is 38.1. The summed E-state index contributed by atoms with van der Waals surface area (Å²) in [6.45, 7) is 17.0. The molecule has 0 bridgehead atoms. The Morgan fingerprint density at radius 1 is 0.198 bits per heavy atom. The Labute approximate surface area is 734 Å². The fraction of sp³-hybridized carbons (Fsp3) is 0.0400. The van der Waals surface area contributed by atoms with Gasteiger partial charge < -0.3 is 39.2 Å². The second-order valence-electron chi connectivity index (χ2n) is 27.3. The number of benzene rings is 13. The van der Waals surface area contributed by atoms with E-state index in [-0.39, 0.29) is 80.4 Å². The van der Waals surface area contributed by atoms with Crippen LogP contribution in [0, 0.1) is 78.6 Å². The predicted molar refractivity (Wildman–Crippen MR) is 459 cm³/mol. The fourth-order valence-corrected chi connectivity index (χ4v) is 14.5. The van der Waals surface area contributed by atoms with E-state index in [4.69, 9.17) is 0 Å². The zero-order valence-corrected chi connectivity index (χ0v) is 73.2. The molecule has 0 unspecified atom stereocenters. The molecule has 13 aromatic carbocycles. The van der Waals surface area contributed by atoms with E-state index in [0.29, 0.717) is 0 Å². The van der Waals surface area contributed by atoms with Gasteiger partial charge in [-0.05, 0) is 179 Å². The molecule has 20 rings (SSSR count). The molecular formula is C100H76Ir4N12-8. The number of para-hydroxylation sites is 6. The summed E-state index contributed by atoms with van der Waals surface area (Å²) in [7, 11) is 0.